The number of ether oxygens (including phenoxy) is 2. The molecule has 0 unspecified atom stereocenters. The standard InChI is InChI=1S/C8H7NO2/c1-3-9-4-2-7(1)8-10-5-6-11-8/h1-6,8H. The molecule has 3 nitrogen and oxygen atoms in total. The zero-order chi connectivity index (χ0) is 7.52. The van der Waals surface area contributed by atoms with Crippen molar-refractivity contribution in [1.82, 2.24) is 4.98 Å². The van der Waals surface area contributed by atoms with Gasteiger partial charge in [0.05, 0.1) is 0 Å². The van der Waals surface area contributed by atoms with Gasteiger partial charge in [-0.2, -0.15) is 0 Å². The lowest BCUT2D eigenvalue weighted by Crippen LogP contribution is -1.96. The van der Waals surface area contributed by atoms with Crippen LogP contribution >= 0.6 is 0 Å². The van der Waals surface area contributed by atoms with Gasteiger partial charge in [0.2, 0.25) is 0 Å². The molecular formula is C8H7NO2. The van der Waals surface area contributed by atoms with Gasteiger partial charge >= 0.3 is 0 Å². The average molecular weight is 149 g/mol. The van der Waals surface area contributed by atoms with Crippen molar-refractivity contribution < 1.29 is 9.47 Å². The molecule has 0 bridgehead atoms. The summed E-state index contributed by atoms with van der Waals surface area (Å²) in [7, 11) is 0. The zero-order valence-corrected chi connectivity index (χ0v) is 5.81. The Morgan fingerprint density at radius 2 is 1.73 bits per heavy atom. The summed E-state index contributed by atoms with van der Waals surface area (Å²) in [5.41, 5.74) is 0.977. The summed E-state index contributed by atoms with van der Waals surface area (Å²) >= 11 is 0. The Morgan fingerprint density at radius 3 is 2.36 bits per heavy atom. The van der Waals surface area contributed by atoms with Crippen molar-refractivity contribution >= 4 is 0 Å². The minimum atomic E-state index is -0.280. The molecule has 0 aromatic carbocycles. The predicted octanol–water partition coefficient (Wildman–Crippen LogP) is 1.60. The fraction of sp³-hybridized carbons (Fsp3) is 0.125. The Bertz CT molecular complexity index is 250. The third kappa shape index (κ3) is 1.17. The summed E-state index contributed by atoms with van der Waals surface area (Å²) < 4.78 is 10.2. The Labute approximate surface area is 64.3 Å². The van der Waals surface area contributed by atoms with Gasteiger partial charge in [-0.25, -0.2) is 0 Å². The van der Waals surface area contributed by atoms with E-state index in [0.717, 1.165) is 5.56 Å². The fourth-order valence-electron chi connectivity index (χ4n) is 0.917. The molecule has 0 amide bonds. The van der Waals surface area contributed by atoms with Gasteiger partial charge in [0.25, 0.3) is 6.29 Å². The molecule has 56 valence electrons. The lowest BCUT2D eigenvalue weighted by molar-refractivity contribution is -0.0246. The van der Waals surface area contributed by atoms with Crippen LogP contribution in [0.1, 0.15) is 11.9 Å². The molecule has 1 aromatic heterocycles. The van der Waals surface area contributed by atoms with E-state index in [4.69, 9.17) is 9.47 Å². The number of hydrogen-bond acceptors (Lipinski definition) is 3. The summed E-state index contributed by atoms with van der Waals surface area (Å²) in [6, 6.07) is 3.72. The molecule has 2 heterocycles. The fourth-order valence-corrected chi connectivity index (χ4v) is 0.917. The highest BCUT2D eigenvalue weighted by Crippen LogP contribution is 2.22. The van der Waals surface area contributed by atoms with Crippen molar-refractivity contribution in [2.45, 2.75) is 6.29 Å². The SMILES string of the molecule is C1=COC(c2ccncc2)O1. The minimum absolute atomic E-state index is 0.280. The number of pyridine rings is 1. The Balaban J connectivity index is 2.17. The third-order valence-corrected chi connectivity index (χ3v) is 1.44. The summed E-state index contributed by atoms with van der Waals surface area (Å²) in [5, 5.41) is 0. The minimum Gasteiger partial charge on any atom is -0.455 e. The summed E-state index contributed by atoms with van der Waals surface area (Å²) in [5.74, 6) is 0. The first-order valence-electron chi connectivity index (χ1n) is 3.33. The molecule has 2 rings (SSSR count). The number of rotatable bonds is 1. The maximum atomic E-state index is 5.11. The van der Waals surface area contributed by atoms with Gasteiger partial charge in [-0.1, -0.05) is 0 Å². The van der Waals surface area contributed by atoms with E-state index in [1.165, 1.54) is 12.5 Å². The normalized spacial score (nSPS) is 16.0. The summed E-state index contributed by atoms with van der Waals surface area (Å²) in [6.07, 6.45) is 6.20. The first-order chi connectivity index (χ1) is 5.47. The van der Waals surface area contributed by atoms with Crippen LogP contribution in [-0.4, -0.2) is 4.98 Å². The van der Waals surface area contributed by atoms with Gasteiger partial charge in [-0.3, -0.25) is 4.98 Å². The lowest BCUT2D eigenvalue weighted by atomic mass is 10.3. The summed E-state index contributed by atoms with van der Waals surface area (Å²) in [4.78, 5) is 3.89. The van der Waals surface area contributed by atoms with Crippen LogP contribution in [0.25, 0.3) is 0 Å². The molecule has 0 spiro atoms. The third-order valence-electron chi connectivity index (χ3n) is 1.44. The van der Waals surface area contributed by atoms with Gasteiger partial charge < -0.3 is 9.47 Å². The highest BCUT2D eigenvalue weighted by Gasteiger charge is 2.13. The largest absolute Gasteiger partial charge is 0.455 e. The quantitative estimate of drug-likeness (QED) is 0.607. The van der Waals surface area contributed by atoms with Crippen LogP contribution < -0.4 is 0 Å². The molecule has 1 aromatic rings. The van der Waals surface area contributed by atoms with Gasteiger partial charge in [-0.05, 0) is 12.1 Å². The molecule has 0 radical (unpaired) electrons. The Morgan fingerprint density at radius 1 is 1.09 bits per heavy atom. The number of aromatic nitrogens is 1. The molecule has 0 N–H and O–H groups in total. The zero-order valence-electron chi connectivity index (χ0n) is 5.81. The first-order valence-corrected chi connectivity index (χ1v) is 3.33. The van der Waals surface area contributed by atoms with Crippen molar-refractivity contribution in [3.05, 3.63) is 42.6 Å². The number of hydrogen-bond donors (Lipinski definition) is 0. The average Bonchev–Trinajstić information content (AvgIpc) is 2.58. The van der Waals surface area contributed by atoms with E-state index in [-0.39, 0.29) is 6.29 Å². The van der Waals surface area contributed by atoms with Crippen LogP contribution in [0.15, 0.2) is 37.1 Å². The van der Waals surface area contributed by atoms with Crippen molar-refractivity contribution in [2.24, 2.45) is 0 Å². The molecule has 0 aliphatic carbocycles. The second-order valence-electron chi connectivity index (χ2n) is 2.16. The van der Waals surface area contributed by atoms with Crippen LogP contribution in [-0.2, 0) is 9.47 Å². The maximum absolute atomic E-state index is 5.11. The molecule has 3 heteroatoms. The van der Waals surface area contributed by atoms with Crippen LogP contribution in [0.2, 0.25) is 0 Å². The number of nitrogens with zero attached hydrogens (tertiary/aromatic N) is 1. The highest BCUT2D eigenvalue weighted by atomic mass is 16.7. The monoisotopic (exact) mass is 149 g/mol. The van der Waals surface area contributed by atoms with Crippen molar-refractivity contribution in [2.75, 3.05) is 0 Å². The first kappa shape index (κ1) is 6.22. The molecule has 11 heavy (non-hydrogen) atoms. The Hall–Kier alpha value is -1.51. The van der Waals surface area contributed by atoms with Crippen LogP contribution in [0.3, 0.4) is 0 Å². The van der Waals surface area contributed by atoms with E-state index in [9.17, 15) is 0 Å². The van der Waals surface area contributed by atoms with Gasteiger partial charge in [0.15, 0.2) is 0 Å². The van der Waals surface area contributed by atoms with Gasteiger partial charge in [0, 0.05) is 18.0 Å². The van der Waals surface area contributed by atoms with Gasteiger partial charge in [0.1, 0.15) is 12.5 Å². The molecule has 1 aliphatic rings. The predicted molar refractivity (Wildman–Crippen MR) is 38.3 cm³/mol. The smallest absolute Gasteiger partial charge is 0.266 e. The van der Waals surface area contributed by atoms with E-state index in [1.54, 1.807) is 12.4 Å². The van der Waals surface area contributed by atoms with Crippen LogP contribution in [0.4, 0.5) is 0 Å². The van der Waals surface area contributed by atoms with Crippen molar-refractivity contribution in [1.29, 1.82) is 0 Å². The van der Waals surface area contributed by atoms with E-state index < -0.39 is 0 Å². The molecule has 0 fully saturated rings. The second-order valence-corrected chi connectivity index (χ2v) is 2.16. The summed E-state index contributed by atoms with van der Waals surface area (Å²) in [6.45, 7) is 0. The van der Waals surface area contributed by atoms with Crippen LogP contribution in [0.5, 0.6) is 0 Å². The van der Waals surface area contributed by atoms with Crippen molar-refractivity contribution in [3.8, 4) is 0 Å². The molecule has 0 saturated carbocycles. The Kier molecular flexibility index (Phi) is 1.48. The maximum Gasteiger partial charge on any atom is 0.266 e. The lowest BCUT2D eigenvalue weighted by Gasteiger charge is -2.08. The topological polar surface area (TPSA) is 31.4 Å². The second kappa shape index (κ2) is 2.62. The van der Waals surface area contributed by atoms with Crippen LogP contribution in [0, 0.1) is 0 Å². The van der Waals surface area contributed by atoms with E-state index >= 15 is 0 Å². The molecule has 1 aliphatic heterocycles. The highest BCUT2D eigenvalue weighted by molar-refractivity contribution is 5.12. The van der Waals surface area contributed by atoms with Gasteiger partial charge in [-0.15, -0.1) is 0 Å². The van der Waals surface area contributed by atoms with E-state index in [2.05, 4.69) is 4.98 Å². The van der Waals surface area contributed by atoms with Crippen molar-refractivity contribution in [3.63, 3.8) is 0 Å². The molecule has 0 atom stereocenters. The molecule has 0 saturated heterocycles. The van der Waals surface area contributed by atoms with E-state index in [1.807, 2.05) is 12.1 Å². The van der Waals surface area contributed by atoms with E-state index in [0.29, 0.717) is 0 Å². The molecular weight excluding hydrogens is 142 g/mol.